The number of hydrogen-bond acceptors (Lipinski definition) is 4. The van der Waals surface area contributed by atoms with Gasteiger partial charge in [-0.15, -0.1) is 0 Å². The third-order valence-electron chi connectivity index (χ3n) is 2.72. The first-order chi connectivity index (χ1) is 7.60. The molecule has 0 saturated heterocycles. The Bertz CT molecular complexity index is 150. The molecule has 0 spiro atoms. The Labute approximate surface area is 99.7 Å². The summed E-state index contributed by atoms with van der Waals surface area (Å²) in [5.74, 6) is 0. The van der Waals surface area contributed by atoms with Gasteiger partial charge in [0.1, 0.15) is 0 Å². The van der Waals surface area contributed by atoms with Gasteiger partial charge < -0.3 is 20.4 Å². The molecule has 3 N–H and O–H groups in total. The van der Waals surface area contributed by atoms with Gasteiger partial charge in [0.15, 0.2) is 0 Å². The van der Waals surface area contributed by atoms with Crippen molar-refractivity contribution in [1.29, 1.82) is 0 Å². The molecule has 0 aliphatic rings. The molecule has 0 aliphatic carbocycles. The second-order valence-corrected chi connectivity index (χ2v) is 4.34. The van der Waals surface area contributed by atoms with Gasteiger partial charge in [-0.25, -0.2) is 0 Å². The Balaban J connectivity index is 3.39. The third kappa shape index (κ3) is 9.09. The van der Waals surface area contributed by atoms with E-state index in [1.807, 2.05) is 0 Å². The van der Waals surface area contributed by atoms with Crippen molar-refractivity contribution in [2.45, 2.75) is 45.8 Å². The summed E-state index contributed by atoms with van der Waals surface area (Å²) < 4.78 is 0. The van der Waals surface area contributed by atoms with Gasteiger partial charge in [0.2, 0.25) is 0 Å². The lowest BCUT2D eigenvalue weighted by atomic mass is 10.2. The smallest absolute Gasteiger partial charge is 0.0791 e. The summed E-state index contributed by atoms with van der Waals surface area (Å²) in [5.41, 5.74) is 0. The molecule has 2 atom stereocenters. The van der Waals surface area contributed by atoms with Crippen LogP contribution in [0.25, 0.3) is 0 Å². The second kappa shape index (κ2) is 10.0. The number of hydrogen-bond donors (Lipinski definition) is 3. The number of nitrogens with zero attached hydrogens (tertiary/aromatic N) is 1. The molecule has 98 valence electrons. The number of likely N-dealkylation sites (N-methyl/N-ethyl adjacent to an activating group) is 1. The van der Waals surface area contributed by atoms with E-state index < -0.39 is 0 Å². The normalized spacial score (nSPS) is 15.4. The average molecular weight is 232 g/mol. The van der Waals surface area contributed by atoms with Crippen LogP contribution in [0.2, 0.25) is 0 Å². The van der Waals surface area contributed by atoms with Gasteiger partial charge in [-0.05, 0) is 39.4 Å². The van der Waals surface area contributed by atoms with E-state index in [0.717, 1.165) is 39.0 Å². The number of aliphatic hydroxyl groups excluding tert-OH is 2. The van der Waals surface area contributed by atoms with Crippen molar-refractivity contribution in [2.24, 2.45) is 0 Å². The van der Waals surface area contributed by atoms with Crippen LogP contribution in [0.1, 0.15) is 33.6 Å². The van der Waals surface area contributed by atoms with Crippen LogP contribution in [0, 0.1) is 0 Å². The van der Waals surface area contributed by atoms with Crippen LogP contribution < -0.4 is 5.32 Å². The molecule has 0 aliphatic heterocycles. The lowest BCUT2D eigenvalue weighted by Crippen LogP contribution is -2.38. The van der Waals surface area contributed by atoms with Crippen molar-refractivity contribution in [1.82, 2.24) is 10.2 Å². The van der Waals surface area contributed by atoms with E-state index in [4.69, 9.17) is 5.11 Å². The Morgan fingerprint density at radius 2 is 1.81 bits per heavy atom. The summed E-state index contributed by atoms with van der Waals surface area (Å²) in [5, 5.41) is 22.0. The highest BCUT2D eigenvalue weighted by Crippen LogP contribution is 1.94. The fourth-order valence-electron chi connectivity index (χ4n) is 1.64. The van der Waals surface area contributed by atoms with Gasteiger partial charge in [0.25, 0.3) is 0 Å². The van der Waals surface area contributed by atoms with Crippen molar-refractivity contribution in [2.75, 3.05) is 32.7 Å². The first-order valence-electron chi connectivity index (χ1n) is 6.39. The maximum atomic E-state index is 9.74. The van der Waals surface area contributed by atoms with Crippen molar-refractivity contribution in [3.8, 4) is 0 Å². The van der Waals surface area contributed by atoms with Gasteiger partial charge in [0.05, 0.1) is 12.2 Å². The van der Waals surface area contributed by atoms with Crippen molar-refractivity contribution in [3.05, 3.63) is 0 Å². The fraction of sp³-hybridized carbons (Fsp3) is 1.00. The molecule has 0 radical (unpaired) electrons. The second-order valence-electron chi connectivity index (χ2n) is 4.34. The highest BCUT2D eigenvalue weighted by Gasteiger charge is 2.07. The van der Waals surface area contributed by atoms with E-state index in [2.05, 4.69) is 24.1 Å². The Hall–Kier alpha value is -0.160. The lowest BCUT2D eigenvalue weighted by Gasteiger charge is -2.22. The predicted molar refractivity (Wildman–Crippen MR) is 67.6 cm³/mol. The van der Waals surface area contributed by atoms with Gasteiger partial charge in [0, 0.05) is 13.1 Å². The first-order valence-corrected chi connectivity index (χ1v) is 6.39. The zero-order chi connectivity index (χ0) is 12.4. The summed E-state index contributed by atoms with van der Waals surface area (Å²) in [6, 6.07) is 0. The minimum Gasteiger partial charge on any atom is -0.393 e. The maximum Gasteiger partial charge on any atom is 0.0791 e. The molecule has 0 heterocycles. The highest BCUT2D eigenvalue weighted by atomic mass is 16.3. The van der Waals surface area contributed by atoms with Crippen molar-refractivity contribution < 1.29 is 10.2 Å². The minimum absolute atomic E-state index is 0.220. The van der Waals surface area contributed by atoms with E-state index in [1.165, 1.54) is 0 Å². The van der Waals surface area contributed by atoms with E-state index >= 15 is 0 Å². The topological polar surface area (TPSA) is 55.7 Å². The van der Waals surface area contributed by atoms with Crippen LogP contribution in [-0.4, -0.2) is 60.0 Å². The summed E-state index contributed by atoms with van der Waals surface area (Å²) in [4.78, 5) is 2.21. The molecular formula is C12H28N2O2. The number of nitrogens with one attached hydrogen (secondary N) is 1. The van der Waals surface area contributed by atoms with E-state index in [0.29, 0.717) is 6.54 Å². The van der Waals surface area contributed by atoms with Gasteiger partial charge in [-0.2, -0.15) is 0 Å². The monoisotopic (exact) mass is 232 g/mol. The molecular weight excluding hydrogens is 204 g/mol. The Morgan fingerprint density at radius 1 is 1.19 bits per heavy atom. The summed E-state index contributed by atoms with van der Waals surface area (Å²) >= 11 is 0. The third-order valence-corrected chi connectivity index (χ3v) is 2.72. The molecule has 0 fully saturated rings. The van der Waals surface area contributed by atoms with Gasteiger partial charge in [-0.3, -0.25) is 0 Å². The summed E-state index contributed by atoms with van der Waals surface area (Å²) in [6.45, 7) is 10.2. The molecule has 0 rings (SSSR count). The molecule has 4 nitrogen and oxygen atoms in total. The molecule has 0 saturated carbocycles. The molecule has 0 aromatic rings. The molecule has 16 heavy (non-hydrogen) atoms. The van der Waals surface area contributed by atoms with Crippen LogP contribution in [0.3, 0.4) is 0 Å². The van der Waals surface area contributed by atoms with E-state index in [-0.39, 0.29) is 12.2 Å². The minimum atomic E-state index is -0.300. The van der Waals surface area contributed by atoms with Gasteiger partial charge in [-0.1, -0.05) is 13.8 Å². The standard InChI is InChI=1S/C12H28N2O2/c1-4-14(5-2)10-12(16)9-13-8-6-7-11(3)15/h11-13,15-16H,4-10H2,1-3H3. The molecule has 4 heteroatoms. The number of rotatable bonds is 10. The number of aliphatic hydroxyl groups is 2. The van der Waals surface area contributed by atoms with Crippen LogP contribution in [-0.2, 0) is 0 Å². The zero-order valence-corrected chi connectivity index (χ0v) is 10.9. The van der Waals surface area contributed by atoms with Crippen LogP contribution in [0.4, 0.5) is 0 Å². The zero-order valence-electron chi connectivity index (χ0n) is 10.9. The molecule has 2 unspecified atom stereocenters. The molecule has 0 aromatic heterocycles. The van der Waals surface area contributed by atoms with Crippen LogP contribution in [0.15, 0.2) is 0 Å². The summed E-state index contributed by atoms with van der Waals surface area (Å²) in [6.07, 6.45) is 1.25. The molecule has 0 aromatic carbocycles. The van der Waals surface area contributed by atoms with Gasteiger partial charge >= 0.3 is 0 Å². The van der Waals surface area contributed by atoms with Crippen LogP contribution in [0.5, 0.6) is 0 Å². The molecule has 0 bridgehead atoms. The Kier molecular flexibility index (Phi) is 9.92. The Morgan fingerprint density at radius 3 is 2.31 bits per heavy atom. The fourth-order valence-corrected chi connectivity index (χ4v) is 1.64. The van der Waals surface area contributed by atoms with Crippen molar-refractivity contribution >= 4 is 0 Å². The molecule has 0 amide bonds. The highest BCUT2D eigenvalue weighted by molar-refractivity contribution is 4.65. The summed E-state index contributed by atoms with van der Waals surface area (Å²) in [7, 11) is 0. The van der Waals surface area contributed by atoms with E-state index in [9.17, 15) is 5.11 Å². The van der Waals surface area contributed by atoms with Crippen LogP contribution >= 0.6 is 0 Å². The average Bonchev–Trinajstić information content (AvgIpc) is 2.25. The largest absolute Gasteiger partial charge is 0.393 e. The quantitative estimate of drug-likeness (QED) is 0.478. The first kappa shape index (κ1) is 15.8. The van der Waals surface area contributed by atoms with E-state index in [1.54, 1.807) is 6.92 Å². The van der Waals surface area contributed by atoms with Crippen molar-refractivity contribution in [3.63, 3.8) is 0 Å². The predicted octanol–water partition coefficient (Wildman–Crippen LogP) is 0.440. The maximum absolute atomic E-state index is 9.74. The SMILES string of the molecule is CCN(CC)CC(O)CNCCCC(C)O. The lowest BCUT2D eigenvalue weighted by molar-refractivity contribution is 0.116.